The fourth-order valence-corrected chi connectivity index (χ4v) is 3.11. The molecule has 0 unspecified atom stereocenters. The lowest BCUT2D eigenvalue weighted by atomic mass is 10.1. The van der Waals surface area contributed by atoms with Gasteiger partial charge in [0.05, 0.1) is 16.8 Å². The van der Waals surface area contributed by atoms with Crippen LogP contribution in [-0.2, 0) is 0 Å². The van der Waals surface area contributed by atoms with Crippen molar-refractivity contribution in [3.8, 4) is 0 Å². The van der Waals surface area contributed by atoms with E-state index in [1.165, 1.54) is 7.05 Å². The summed E-state index contributed by atoms with van der Waals surface area (Å²) in [6, 6.07) is 12.2. The molecule has 26 heavy (non-hydrogen) atoms. The highest BCUT2D eigenvalue weighted by Crippen LogP contribution is 2.29. The molecular formula is C20H21N3O3. The Bertz CT molecular complexity index is 870. The van der Waals surface area contributed by atoms with E-state index in [1.54, 1.807) is 30.3 Å². The predicted octanol–water partition coefficient (Wildman–Crippen LogP) is 3.01. The number of amides is 3. The number of nitrogens with one attached hydrogen (secondary N) is 1. The highest BCUT2D eigenvalue weighted by atomic mass is 16.2. The summed E-state index contributed by atoms with van der Waals surface area (Å²) < 4.78 is 0. The van der Waals surface area contributed by atoms with Gasteiger partial charge >= 0.3 is 0 Å². The van der Waals surface area contributed by atoms with Crippen LogP contribution < -0.4 is 10.2 Å². The summed E-state index contributed by atoms with van der Waals surface area (Å²) in [5.74, 6) is -1.08. The van der Waals surface area contributed by atoms with Gasteiger partial charge in [0.2, 0.25) is 0 Å². The standard InChI is InChI=1S/C20H21N3O3/c1-4-23(5-2)14-11-9-13(10-12-14)18(24)21-16-8-6-7-15-17(16)20(26)22(3)19(15)25/h6-12H,4-5H2,1-3H3,(H,21,24). The molecular weight excluding hydrogens is 330 g/mol. The molecule has 0 aromatic heterocycles. The lowest BCUT2D eigenvalue weighted by Crippen LogP contribution is -2.24. The van der Waals surface area contributed by atoms with Gasteiger partial charge in [-0.15, -0.1) is 0 Å². The molecule has 3 rings (SSSR count). The van der Waals surface area contributed by atoms with Gasteiger partial charge in [-0.25, -0.2) is 0 Å². The van der Waals surface area contributed by atoms with Crippen LogP contribution in [0.5, 0.6) is 0 Å². The van der Waals surface area contributed by atoms with E-state index in [0.29, 0.717) is 16.8 Å². The molecule has 0 saturated heterocycles. The van der Waals surface area contributed by atoms with Crippen LogP contribution in [0.2, 0.25) is 0 Å². The zero-order chi connectivity index (χ0) is 18.8. The molecule has 0 aliphatic carbocycles. The van der Waals surface area contributed by atoms with Crippen LogP contribution in [0, 0.1) is 0 Å². The third-order valence-corrected chi connectivity index (χ3v) is 4.62. The van der Waals surface area contributed by atoms with Crippen molar-refractivity contribution in [2.45, 2.75) is 13.8 Å². The molecule has 6 nitrogen and oxygen atoms in total. The number of rotatable bonds is 5. The maximum atomic E-state index is 12.6. The van der Waals surface area contributed by atoms with E-state index >= 15 is 0 Å². The first kappa shape index (κ1) is 17.7. The van der Waals surface area contributed by atoms with Crippen LogP contribution in [-0.4, -0.2) is 42.8 Å². The van der Waals surface area contributed by atoms with E-state index in [2.05, 4.69) is 24.1 Å². The van der Waals surface area contributed by atoms with Crippen LogP contribution >= 0.6 is 0 Å². The molecule has 134 valence electrons. The largest absolute Gasteiger partial charge is 0.372 e. The van der Waals surface area contributed by atoms with Crippen LogP contribution in [0.1, 0.15) is 44.9 Å². The van der Waals surface area contributed by atoms with Crippen LogP contribution in [0.25, 0.3) is 0 Å². The maximum Gasteiger partial charge on any atom is 0.263 e. The maximum absolute atomic E-state index is 12.6. The molecule has 3 amide bonds. The first-order valence-corrected chi connectivity index (χ1v) is 8.59. The molecule has 2 aromatic carbocycles. The molecule has 0 saturated carbocycles. The van der Waals surface area contributed by atoms with Crippen molar-refractivity contribution in [1.82, 2.24) is 4.90 Å². The Morgan fingerprint density at radius 3 is 2.27 bits per heavy atom. The summed E-state index contributed by atoms with van der Waals surface area (Å²) >= 11 is 0. The minimum Gasteiger partial charge on any atom is -0.372 e. The van der Waals surface area contributed by atoms with Crippen molar-refractivity contribution < 1.29 is 14.4 Å². The van der Waals surface area contributed by atoms with Crippen molar-refractivity contribution >= 4 is 29.1 Å². The number of hydrogen-bond acceptors (Lipinski definition) is 4. The van der Waals surface area contributed by atoms with Gasteiger partial charge in [0.25, 0.3) is 17.7 Å². The van der Waals surface area contributed by atoms with Crippen LogP contribution in [0.4, 0.5) is 11.4 Å². The molecule has 2 aromatic rings. The highest BCUT2D eigenvalue weighted by Gasteiger charge is 2.35. The fraction of sp³-hybridized carbons (Fsp3) is 0.250. The molecule has 1 aliphatic heterocycles. The van der Waals surface area contributed by atoms with Crippen molar-refractivity contribution in [1.29, 1.82) is 0 Å². The molecule has 6 heteroatoms. The number of hydrogen-bond donors (Lipinski definition) is 1. The monoisotopic (exact) mass is 351 g/mol. The van der Waals surface area contributed by atoms with E-state index in [-0.39, 0.29) is 17.4 Å². The van der Waals surface area contributed by atoms with Crippen molar-refractivity contribution in [3.63, 3.8) is 0 Å². The van der Waals surface area contributed by atoms with Gasteiger partial charge in [0.15, 0.2) is 0 Å². The lowest BCUT2D eigenvalue weighted by molar-refractivity contribution is 0.0693. The molecule has 0 bridgehead atoms. The SMILES string of the molecule is CCN(CC)c1ccc(C(=O)Nc2cccc3c2C(=O)N(C)C3=O)cc1. The zero-order valence-electron chi connectivity index (χ0n) is 15.1. The number of nitrogens with zero attached hydrogens (tertiary/aromatic N) is 2. The van der Waals surface area contributed by atoms with Crippen molar-refractivity contribution in [2.24, 2.45) is 0 Å². The minimum atomic E-state index is -0.405. The van der Waals surface area contributed by atoms with Gasteiger partial charge in [-0.1, -0.05) is 6.07 Å². The summed E-state index contributed by atoms with van der Waals surface area (Å²) in [5.41, 5.74) is 2.45. The number of benzene rings is 2. The number of carbonyl (C=O) groups is 3. The summed E-state index contributed by atoms with van der Waals surface area (Å²) in [7, 11) is 1.43. The third-order valence-electron chi connectivity index (χ3n) is 4.62. The molecule has 0 spiro atoms. The third kappa shape index (κ3) is 2.94. The summed E-state index contributed by atoms with van der Waals surface area (Å²) in [5, 5.41) is 2.75. The summed E-state index contributed by atoms with van der Waals surface area (Å²) in [6.45, 7) is 5.94. The Kier molecular flexibility index (Phi) is 4.75. The Hall–Kier alpha value is -3.15. The van der Waals surface area contributed by atoms with E-state index in [4.69, 9.17) is 0 Å². The summed E-state index contributed by atoms with van der Waals surface area (Å²) in [4.78, 5) is 40.2. The molecule has 0 atom stereocenters. The quantitative estimate of drug-likeness (QED) is 0.841. The average molecular weight is 351 g/mol. The van der Waals surface area contributed by atoms with Crippen molar-refractivity contribution in [3.05, 3.63) is 59.2 Å². The second-order valence-electron chi connectivity index (χ2n) is 6.07. The average Bonchev–Trinajstić information content (AvgIpc) is 2.88. The minimum absolute atomic E-state index is 0.244. The van der Waals surface area contributed by atoms with E-state index in [9.17, 15) is 14.4 Å². The van der Waals surface area contributed by atoms with Gasteiger partial charge < -0.3 is 10.2 Å². The number of carbonyl (C=O) groups excluding carboxylic acids is 3. The Labute approximate surface area is 152 Å². The Morgan fingerprint density at radius 2 is 1.65 bits per heavy atom. The van der Waals surface area contributed by atoms with E-state index in [0.717, 1.165) is 23.7 Å². The van der Waals surface area contributed by atoms with Crippen LogP contribution in [0.15, 0.2) is 42.5 Å². The smallest absolute Gasteiger partial charge is 0.263 e. The first-order valence-electron chi connectivity index (χ1n) is 8.59. The topological polar surface area (TPSA) is 69.7 Å². The number of fused-ring (bicyclic) bond motifs is 1. The normalized spacial score (nSPS) is 13.0. The molecule has 0 radical (unpaired) electrons. The van der Waals surface area contributed by atoms with Gasteiger partial charge in [0, 0.05) is 31.4 Å². The predicted molar refractivity (Wildman–Crippen MR) is 101 cm³/mol. The van der Waals surface area contributed by atoms with Gasteiger partial charge in [0.1, 0.15) is 0 Å². The lowest BCUT2D eigenvalue weighted by Gasteiger charge is -2.21. The molecule has 1 N–H and O–H groups in total. The second-order valence-corrected chi connectivity index (χ2v) is 6.07. The van der Waals surface area contributed by atoms with Gasteiger partial charge in [-0.3, -0.25) is 19.3 Å². The number of imide groups is 1. The van der Waals surface area contributed by atoms with E-state index in [1.807, 2.05) is 12.1 Å². The Balaban J connectivity index is 1.84. The molecule has 0 fully saturated rings. The highest BCUT2D eigenvalue weighted by molar-refractivity contribution is 6.24. The first-order chi connectivity index (χ1) is 12.5. The summed E-state index contributed by atoms with van der Waals surface area (Å²) in [6.07, 6.45) is 0. The van der Waals surface area contributed by atoms with Gasteiger partial charge in [-0.05, 0) is 50.2 Å². The van der Waals surface area contributed by atoms with Crippen molar-refractivity contribution in [2.75, 3.05) is 30.4 Å². The van der Waals surface area contributed by atoms with Gasteiger partial charge in [-0.2, -0.15) is 0 Å². The fourth-order valence-electron chi connectivity index (χ4n) is 3.11. The molecule has 1 aliphatic rings. The zero-order valence-corrected chi connectivity index (χ0v) is 15.1. The number of anilines is 2. The molecule has 1 heterocycles. The Morgan fingerprint density at radius 1 is 1.00 bits per heavy atom. The second kappa shape index (κ2) is 7.00. The van der Waals surface area contributed by atoms with Crippen LogP contribution in [0.3, 0.4) is 0 Å². The van der Waals surface area contributed by atoms with E-state index < -0.39 is 5.91 Å².